The Balaban J connectivity index is 2.46. The predicted molar refractivity (Wildman–Crippen MR) is 38.0 cm³/mol. The van der Waals surface area contributed by atoms with Gasteiger partial charge in [-0.25, -0.2) is 0 Å². The van der Waals surface area contributed by atoms with E-state index in [1.807, 2.05) is 19.1 Å². The van der Waals surface area contributed by atoms with Crippen LogP contribution in [0.2, 0.25) is 0 Å². The third-order valence-electron chi connectivity index (χ3n) is 1.45. The second-order valence-electron chi connectivity index (χ2n) is 2.29. The van der Waals surface area contributed by atoms with Crippen molar-refractivity contribution in [3.63, 3.8) is 0 Å². The largest absolute Gasteiger partial charge is 0.420 e. The molecule has 1 aliphatic carbocycles. The lowest BCUT2D eigenvalue weighted by Gasteiger charge is -2.10. The molecule has 0 amide bonds. The van der Waals surface area contributed by atoms with Gasteiger partial charge in [0.2, 0.25) is 0 Å². The summed E-state index contributed by atoms with van der Waals surface area (Å²) in [5.74, 6) is 0. The zero-order chi connectivity index (χ0) is 7.40. The van der Waals surface area contributed by atoms with Crippen LogP contribution in [0.5, 0.6) is 0 Å². The van der Waals surface area contributed by atoms with Crippen molar-refractivity contribution >= 4 is 0 Å². The van der Waals surface area contributed by atoms with Gasteiger partial charge >= 0.3 is 0 Å². The Hall–Kier alpha value is -1.23. The summed E-state index contributed by atoms with van der Waals surface area (Å²) in [6.07, 6.45) is 8.38. The lowest BCUT2D eigenvalue weighted by Crippen LogP contribution is -2.07. The molecule has 0 spiro atoms. The van der Waals surface area contributed by atoms with Crippen molar-refractivity contribution in [2.45, 2.75) is 19.4 Å². The number of allylic oxidation sites excluding steroid dienone is 2. The number of nitrogens with zero attached hydrogens (tertiary/aromatic N) is 1. The molecule has 0 bridgehead atoms. The van der Waals surface area contributed by atoms with E-state index in [0.717, 1.165) is 6.42 Å². The lowest BCUT2D eigenvalue weighted by molar-refractivity contribution is 0.207. The standard InChI is InChI=1S/C8H9NO/c1-7-2-4-8(5-3-7)10-6-9/h2-4,8H,5H2,1H3. The molecule has 0 radical (unpaired) electrons. The van der Waals surface area contributed by atoms with Gasteiger partial charge in [0.15, 0.2) is 0 Å². The Labute approximate surface area is 60.4 Å². The molecule has 0 aromatic rings. The van der Waals surface area contributed by atoms with Crippen LogP contribution in [0.4, 0.5) is 0 Å². The van der Waals surface area contributed by atoms with Gasteiger partial charge in [-0.15, -0.1) is 0 Å². The molecule has 1 atom stereocenters. The molecule has 2 heteroatoms. The highest BCUT2D eigenvalue weighted by molar-refractivity contribution is 5.22. The predicted octanol–water partition coefficient (Wildman–Crippen LogP) is 1.76. The molecule has 0 saturated heterocycles. The van der Waals surface area contributed by atoms with Gasteiger partial charge in [-0.3, -0.25) is 0 Å². The Morgan fingerprint density at radius 1 is 1.80 bits per heavy atom. The lowest BCUT2D eigenvalue weighted by atomic mass is 10.1. The molecule has 2 nitrogen and oxygen atoms in total. The summed E-state index contributed by atoms with van der Waals surface area (Å²) in [4.78, 5) is 0. The minimum Gasteiger partial charge on any atom is -0.420 e. The van der Waals surface area contributed by atoms with E-state index in [4.69, 9.17) is 10.00 Å². The van der Waals surface area contributed by atoms with E-state index in [2.05, 4.69) is 6.08 Å². The van der Waals surface area contributed by atoms with Crippen molar-refractivity contribution in [1.82, 2.24) is 0 Å². The average molecular weight is 135 g/mol. The van der Waals surface area contributed by atoms with Crippen LogP contribution in [-0.2, 0) is 4.74 Å². The first-order chi connectivity index (χ1) is 4.83. The molecule has 52 valence electrons. The summed E-state index contributed by atoms with van der Waals surface area (Å²) < 4.78 is 4.71. The fourth-order valence-corrected chi connectivity index (χ4v) is 0.863. The van der Waals surface area contributed by atoms with Crippen LogP contribution in [0, 0.1) is 11.5 Å². The van der Waals surface area contributed by atoms with Crippen molar-refractivity contribution in [2.24, 2.45) is 0 Å². The third kappa shape index (κ3) is 1.63. The number of ether oxygens (including phenoxy) is 1. The summed E-state index contributed by atoms with van der Waals surface area (Å²) in [6, 6.07) is 0. The van der Waals surface area contributed by atoms with Gasteiger partial charge in [0.25, 0.3) is 6.26 Å². The zero-order valence-electron chi connectivity index (χ0n) is 5.87. The zero-order valence-corrected chi connectivity index (χ0v) is 5.87. The fourth-order valence-electron chi connectivity index (χ4n) is 0.863. The van der Waals surface area contributed by atoms with E-state index in [1.54, 1.807) is 6.26 Å². The second kappa shape index (κ2) is 3.07. The van der Waals surface area contributed by atoms with Gasteiger partial charge in [-0.05, 0) is 13.0 Å². The number of nitriles is 1. The summed E-state index contributed by atoms with van der Waals surface area (Å²) in [5.41, 5.74) is 1.23. The minimum absolute atomic E-state index is 0.0336. The monoisotopic (exact) mass is 135 g/mol. The van der Waals surface area contributed by atoms with E-state index in [0.29, 0.717) is 0 Å². The molecule has 0 aliphatic heterocycles. The van der Waals surface area contributed by atoms with Crippen LogP contribution in [0.25, 0.3) is 0 Å². The number of hydrogen-bond acceptors (Lipinski definition) is 2. The molecule has 0 aromatic carbocycles. The van der Waals surface area contributed by atoms with Crippen LogP contribution in [-0.4, -0.2) is 6.10 Å². The Morgan fingerprint density at radius 3 is 3.10 bits per heavy atom. The van der Waals surface area contributed by atoms with Crippen molar-refractivity contribution < 1.29 is 4.74 Å². The maximum Gasteiger partial charge on any atom is 0.286 e. The van der Waals surface area contributed by atoms with Crippen molar-refractivity contribution in [3.8, 4) is 6.26 Å². The fraction of sp³-hybridized carbons (Fsp3) is 0.375. The molecule has 0 fully saturated rings. The molecule has 1 unspecified atom stereocenters. The summed E-state index contributed by atoms with van der Waals surface area (Å²) in [5, 5.41) is 8.16. The SMILES string of the molecule is CC1=CCC(OC#N)C=C1. The van der Waals surface area contributed by atoms with Crippen LogP contribution in [0.3, 0.4) is 0 Å². The molecular weight excluding hydrogens is 126 g/mol. The highest BCUT2D eigenvalue weighted by Crippen LogP contribution is 2.11. The average Bonchev–Trinajstić information content (AvgIpc) is 1.95. The maximum absolute atomic E-state index is 8.16. The normalized spacial score (nSPS) is 23.2. The van der Waals surface area contributed by atoms with Gasteiger partial charge < -0.3 is 4.74 Å². The molecule has 0 saturated carbocycles. The highest BCUT2D eigenvalue weighted by Gasteiger charge is 2.05. The van der Waals surface area contributed by atoms with Gasteiger partial charge in [0.05, 0.1) is 0 Å². The van der Waals surface area contributed by atoms with Crippen LogP contribution in [0.1, 0.15) is 13.3 Å². The van der Waals surface area contributed by atoms with E-state index in [1.165, 1.54) is 5.57 Å². The first-order valence-electron chi connectivity index (χ1n) is 3.22. The smallest absolute Gasteiger partial charge is 0.286 e. The Morgan fingerprint density at radius 2 is 2.60 bits per heavy atom. The molecule has 0 heterocycles. The minimum atomic E-state index is -0.0336. The summed E-state index contributed by atoms with van der Waals surface area (Å²) in [7, 11) is 0. The first kappa shape index (κ1) is 6.88. The Bertz CT molecular complexity index is 210. The first-order valence-corrected chi connectivity index (χ1v) is 3.22. The molecule has 0 aromatic heterocycles. The Kier molecular flexibility index (Phi) is 2.11. The second-order valence-corrected chi connectivity index (χ2v) is 2.29. The van der Waals surface area contributed by atoms with E-state index >= 15 is 0 Å². The van der Waals surface area contributed by atoms with Crippen molar-refractivity contribution in [1.29, 1.82) is 5.26 Å². The molecule has 1 aliphatic rings. The van der Waals surface area contributed by atoms with E-state index in [9.17, 15) is 0 Å². The van der Waals surface area contributed by atoms with Gasteiger partial charge in [0, 0.05) is 6.42 Å². The van der Waals surface area contributed by atoms with E-state index < -0.39 is 0 Å². The molecule has 1 rings (SSSR count). The molecule has 10 heavy (non-hydrogen) atoms. The topological polar surface area (TPSA) is 33.0 Å². The van der Waals surface area contributed by atoms with Crippen LogP contribution >= 0.6 is 0 Å². The van der Waals surface area contributed by atoms with Crippen LogP contribution in [0.15, 0.2) is 23.8 Å². The number of rotatable bonds is 1. The summed E-state index contributed by atoms with van der Waals surface area (Å²) in [6.45, 7) is 2.03. The van der Waals surface area contributed by atoms with Crippen LogP contribution < -0.4 is 0 Å². The van der Waals surface area contributed by atoms with Gasteiger partial charge in [-0.2, -0.15) is 5.26 Å². The quantitative estimate of drug-likeness (QED) is 0.513. The van der Waals surface area contributed by atoms with Crippen molar-refractivity contribution in [3.05, 3.63) is 23.8 Å². The molecular formula is C8H9NO. The van der Waals surface area contributed by atoms with Gasteiger partial charge in [0.1, 0.15) is 6.10 Å². The summed E-state index contributed by atoms with van der Waals surface area (Å²) >= 11 is 0. The highest BCUT2D eigenvalue weighted by atomic mass is 16.5. The van der Waals surface area contributed by atoms with Gasteiger partial charge in [-0.1, -0.05) is 17.7 Å². The number of hydrogen-bond donors (Lipinski definition) is 0. The maximum atomic E-state index is 8.16. The van der Waals surface area contributed by atoms with E-state index in [-0.39, 0.29) is 6.10 Å². The van der Waals surface area contributed by atoms with Crippen molar-refractivity contribution in [2.75, 3.05) is 0 Å². The third-order valence-corrected chi connectivity index (χ3v) is 1.45. The molecule has 0 N–H and O–H groups in total.